The number of nitrogen functional groups attached to an aromatic ring is 1. The van der Waals surface area contributed by atoms with Gasteiger partial charge in [0, 0.05) is 6.54 Å². The minimum atomic E-state index is -0.641. The summed E-state index contributed by atoms with van der Waals surface area (Å²) in [6.45, 7) is 0.173. The van der Waals surface area contributed by atoms with E-state index in [2.05, 4.69) is 0 Å². The van der Waals surface area contributed by atoms with Crippen molar-refractivity contribution in [2.24, 2.45) is 0 Å². The first kappa shape index (κ1) is 14.5. The molecule has 2 rings (SSSR count). The molecule has 2 N–H and O–H groups in total. The van der Waals surface area contributed by atoms with Crippen LogP contribution in [0, 0.1) is 17.1 Å². The molecule has 2 aromatic carbocycles. The first-order chi connectivity index (χ1) is 10.1. The first-order valence-electron chi connectivity index (χ1n) is 6.37. The van der Waals surface area contributed by atoms with Crippen LogP contribution < -0.4 is 5.73 Å². The highest BCUT2D eigenvalue weighted by Crippen LogP contribution is 2.19. The molecular weight excluding hydrogens is 269 g/mol. The Bertz CT molecular complexity index is 680. The Kier molecular flexibility index (Phi) is 4.52. The van der Waals surface area contributed by atoms with E-state index < -0.39 is 11.7 Å². The van der Waals surface area contributed by atoms with Crippen molar-refractivity contribution in [3.05, 3.63) is 65.5 Å². The van der Waals surface area contributed by atoms with Gasteiger partial charge in [0.1, 0.15) is 12.4 Å². The standard InChI is InChI=1S/C16H14FN3O/c17-14-8-4-7-13(15(14)19)16(21)20(10-9-18)11-12-5-2-1-3-6-12/h1-8H,10-11,19H2. The van der Waals surface area contributed by atoms with Crippen molar-refractivity contribution in [3.8, 4) is 6.07 Å². The Hall–Kier alpha value is -2.87. The zero-order valence-electron chi connectivity index (χ0n) is 11.3. The number of hydrogen-bond donors (Lipinski definition) is 1. The maximum Gasteiger partial charge on any atom is 0.257 e. The zero-order chi connectivity index (χ0) is 15.2. The van der Waals surface area contributed by atoms with Gasteiger partial charge in [-0.3, -0.25) is 4.79 Å². The first-order valence-corrected chi connectivity index (χ1v) is 6.37. The molecular formula is C16H14FN3O. The predicted octanol–water partition coefficient (Wildman–Crippen LogP) is 2.57. The molecule has 0 heterocycles. The fourth-order valence-corrected chi connectivity index (χ4v) is 1.98. The number of benzene rings is 2. The third-order valence-corrected chi connectivity index (χ3v) is 3.05. The molecule has 2 aromatic rings. The Balaban J connectivity index is 2.28. The van der Waals surface area contributed by atoms with Crippen molar-refractivity contribution < 1.29 is 9.18 Å². The van der Waals surface area contributed by atoms with Crippen LogP contribution in [0.4, 0.5) is 10.1 Å². The van der Waals surface area contributed by atoms with Gasteiger partial charge < -0.3 is 10.6 Å². The molecule has 1 amide bonds. The Morgan fingerprint density at radius 2 is 1.90 bits per heavy atom. The summed E-state index contributed by atoms with van der Waals surface area (Å²) in [5, 5.41) is 8.89. The van der Waals surface area contributed by atoms with Gasteiger partial charge >= 0.3 is 0 Å². The molecule has 0 unspecified atom stereocenters. The number of nitrogens with zero attached hydrogens (tertiary/aromatic N) is 2. The molecule has 21 heavy (non-hydrogen) atoms. The highest BCUT2D eigenvalue weighted by Gasteiger charge is 2.19. The predicted molar refractivity (Wildman–Crippen MR) is 77.6 cm³/mol. The van der Waals surface area contributed by atoms with Gasteiger partial charge in [-0.25, -0.2) is 4.39 Å². The normalized spacial score (nSPS) is 9.90. The number of rotatable bonds is 4. The summed E-state index contributed by atoms with van der Waals surface area (Å²) in [5.74, 6) is -1.10. The molecule has 0 saturated heterocycles. The zero-order valence-corrected chi connectivity index (χ0v) is 11.3. The number of carbonyl (C=O) groups excluding carboxylic acids is 1. The molecule has 0 fully saturated rings. The molecule has 0 radical (unpaired) electrons. The van der Waals surface area contributed by atoms with E-state index >= 15 is 0 Å². The Morgan fingerprint density at radius 3 is 2.57 bits per heavy atom. The van der Waals surface area contributed by atoms with Gasteiger partial charge in [0.25, 0.3) is 5.91 Å². The van der Waals surface area contributed by atoms with E-state index in [4.69, 9.17) is 11.0 Å². The minimum absolute atomic E-state index is 0.0705. The summed E-state index contributed by atoms with van der Waals surface area (Å²) in [6.07, 6.45) is 0. The second-order valence-corrected chi connectivity index (χ2v) is 4.51. The lowest BCUT2D eigenvalue weighted by Gasteiger charge is -2.20. The van der Waals surface area contributed by atoms with Crippen LogP contribution >= 0.6 is 0 Å². The average molecular weight is 283 g/mol. The minimum Gasteiger partial charge on any atom is -0.396 e. The van der Waals surface area contributed by atoms with E-state index in [9.17, 15) is 9.18 Å². The van der Waals surface area contributed by atoms with Crippen molar-refractivity contribution in [1.29, 1.82) is 5.26 Å². The second-order valence-electron chi connectivity index (χ2n) is 4.51. The molecule has 0 spiro atoms. The van der Waals surface area contributed by atoms with Crippen LogP contribution in [0.3, 0.4) is 0 Å². The summed E-state index contributed by atoms with van der Waals surface area (Å²) in [7, 11) is 0. The molecule has 0 aliphatic rings. The average Bonchev–Trinajstić information content (AvgIpc) is 2.50. The van der Waals surface area contributed by atoms with Crippen LogP contribution in [-0.4, -0.2) is 17.4 Å². The summed E-state index contributed by atoms with van der Waals surface area (Å²) < 4.78 is 13.5. The fraction of sp³-hybridized carbons (Fsp3) is 0.125. The van der Waals surface area contributed by atoms with Crippen molar-refractivity contribution in [1.82, 2.24) is 4.90 Å². The molecule has 106 valence electrons. The lowest BCUT2D eigenvalue weighted by molar-refractivity contribution is 0.0765. The number of halogens is 1. The van der Waals surface area contributed by atoms with Gasteiger partial charge in [0.15, 0.2) is 0 Å². The number of anilines is 1. The number of nitrogens with two attached hydrogens (primary N) is 1. The van der Waals surface area contributed by atoms with Crippen LogP contribution in [0.5, 0.6) is 0 Å². The van der Waals surface area contributed by atoms with Crippen LogP contribution in [0.25, 0.3) is 0 Å². The molecule has 5 heteroatoms. The summed E-state index contributed by atoms with van der Waals surface area (Å²) in [6, 6.07) is 15.3. The largest absolute Gasteiger partial charge is 0.396 e. The molecule has 0 aliphatic heterocycles. The van der Waals surface area contributed by atoms with E-state index in [1.54, 1.807) is 0 Å². The fourth-order valence-electron chi connectivity index (χ4n) is 1.98. The quantitative estimate of drug-likeness (QED) is 0.692. The maximum atomic E-state index is 13.5. The van der Waals surface area contributed by atoms with E-state index in [-0.39, 0.29) is 24.3 Å². The lowest BCUT2D eigenvalue weighted by atomic mass is 10.1. The van der Waals surface area contributed by atoms with Crippen LogP contribution in [0.15, 0.2) is 48.5 Å². The molecule has 0 atom stereocenters. The number of nitriles is 1. The molecule has 0 aliphatic carbocycles. The van der Waals surface area contributed by atoms with E-state index in [0.29, 0.717) is 0 Å². The van der Waals surface area contributed by atoms with Crippen molar-refractivity contribution in [3.63, 3.8) is 0 Å². The van der Waals surface area contributed by atoms with Gasteiger partial charge in [-0.05, 0) is 17.7 Å². The molecule has 4 nitrogen and oxygen atoms in total. The van der Waals surface area contributed by atoms with Crippen LogP contribution in [0.1, 0.15) is 15.9 Å². The Morgan fingerprint density at radius 1 is 1.19 bits per heavy atom. The molecule has 0 aromatic heterocycles. The van der Waals surface area contributed by atoms with Crippen molar-refractivity contribution in [2.45, 2.75) is 6.54 Å². The summed E-state index contributed by atoms with van der Waals surface area (Å²) in [4.78, 5) is 13.8. The Labute approximate surface area is 122 Å². The molecule has 0 saturated carbocycles. The van der Waals surface area contributed by atoms with Gasteiger partial charge in [-0.2, -0.15) is 5.26 Å². The topological polar surface area (TPSA) is 70.1 Å². The van der Waals surface area contributed by atoms with E-state index in [1.807, 2.05) is 36.4 Å². The number of amides is 1. The lowest BCUT2D eigenvalue weighted by Crippen LogP contribution is -2.31. The number of para-hydroxylation sites is 1. The monoisotopic (exact) mass is 283 g/mol. The smallest absolute Gasteiger partial charge is 0.257 e. The third kappa shape index (κ3) is 3.37. The highest BCUT2D eigenvalue weighted by atomic mass is 19.1. The van der Waals surface area contributed by atoms with Crippen molar-refractivity contribution >= 4 is 11.6 Å². The third-order valence-electron chi connectivity index (χ3n) is 3.05. The van der Waals surface area contributed by atoms with Gasteiger partial charge in [0.05, 0.1) is 17.3 Å². The van der Waals surface area contributed by atoms with Gasteiger partial charge in [-0.15, -0.1) is 0 Å². The maximum absolute atomic E-state index is 13.5. The van der Waals surface area contributed by atoms with Crippen molar-refractivity contribution in [2.75, 3.05) is 12.3 Å². The SMILES string of the molecule is N#CCN(Cc1ccccc1)C(=O)c1cccc(F)c1N. The van der Waals surface area contributed by atoms with E-state index in [1.165, 1.54) is 23.1 Å². The number of carbonyl (C=O) groups is 1. The van der Waals surface area contributed by atoms with Gasteiger partial charge in [0.2, 0.25) is 0 Å². The van der Waals surface area contributed by atoms with Crippen LogP contribution in [0.2, 0.25) is 0 Å². The van der Waals surface area contributed by atoms with Gasteiger partial charge in [-0.1, -0.05) is 36.4 Å². The second kappa shape index (κ2) is 6.53. The van der Waals surface area contributed by atoms with Crippen LogP contribution in [-0.2, 0) is 6.54 Å². The number of hydrogen-bond acceptors (Lipinski definition) is 3. The highest BCUT2D eigenvalue weighted by molar-refractivity contribution is 5.99. The summed E-state index contributed by atoms with van der Waals surface area (Å²) in [5.41, 5.74) is 6.37. The van der Waals surface area contributed by atoms with E-state index in [0.717, 1.165) is 5.56 Å². The summed E-state index contributed by atoms with van der Waals surface area (Å²) >= 11 is 0. The molecule has 0 bridgehead atoms.